The van der Waals surface area contributed by atoms with Crippen LogP contribution in [0.4, 0.5) is 10.1 Å². The van der Waals surface area contributed by atoms with E-state index in [1.54, 1.807) is 24.3 Å². The second-order valence-corrected chi connectivity index (χ2v) is 8.68. The average molecular weight is 601 g/mol. The summed E-state index contributed by atoms with van der Waals surface area (Å²) in [6.07, 6.45) is 1.37. The lowest BCUT2D eigenvalue weighted by molar-refractivity contribution is -0.134. The van der Waals surface area contributed by atoms with Crippen molar-refractivity contribution in [3.63, 3.8) is 0 Å². The first-order valence-electron chi connectivity index (χ1n) is 12.4. The molecule has 2 aromatic heterocycles. The van der Waals surface area contributed by atoms with Crippen molar-refractivity contribution in [2.24, 2.45) is 5.73 Å². The van der Waals surface area contributed by atoms with E-state index in [0.29, 0.717) is 11.3 Å². The second kappa shape index (κ2) is 14.3. The van der Waals surface area contributed by atoms with E-state index in [-0.39, 0.29) is 59.9 Å². The molecule has 0 amide bonds. The molecule has 0 radical (unpaired) electrons. The van der Waals surface area contributed by atoms with Crippen molar-refractivity contribution >= 4 is 23.5 Å². The highest BCUT2D eigenvalue weighted by molar-refractivity contribution is 5.95. The number of carboxylic acids is 2. The van der Waals surface area contributed by atoms with E-state index in [9.17, 15) is 14.7 Å². The molecule has 17 heteroatoms. The molecule has 0 aliphatic heterocycles. The number of aromatic nitrogens is 5. The monoisotopic (exact) mass is 600 g/mol. The van der Waals surface area contributed by atoms with Gasteiger partial charge in [-0.15, -0.1) is 5.10 Å². The van der Waals surface area contributed by atoms with Crippen LogP contribution in [0.15, 0.2) is 47.5 Å². The zero-order valence-electron chi connectivity index (χ0n) is 22.9. The maximum Gasteiger partial charge on any atom is 0.356 e. The summed E-state index contributed by atoms with van der Waals surface area (Å²) < 4.78 is 27.4. The zero-order valence-corrected chi connectivity index (χ0v) is 22.9. The Bertz CT molecular complexity index is 1640. The molecular weight excluding hydrogens is 571 g/mol. The lowest BCUT2D eigenvalue weighted by Crippen LogP contribution is -2.19. The number of rotatable bonds is 12. The van der Waals surface area contributed by atoms with Crippen LogP contribution in [0.1, 0.15) is 46.8 Å². The Morgan fingerprint density at radius 1 is 1.23 bits per heavy atom. The number of aliphatic carboxylic acids is 1. The van der Waals surface area contributed by atoms with Crippen LogP contribution in [0.3, 0.4) is 0 Å². The topological polar surface area (TPSA) is 255 Å². The molecule has 0 fully saturated rings. The van der Waals surface area contributed by atoms with Gasteiger partial charge in [-0.3, -0.25) is 15.2 Å². The molecule has 0 saturated heterocycles. The number of ether oxygens (including phenoxy) is 2. The molecule has 2 aromatic carbocycles. The number of methoxy groups -OCH3 is 1. The number of hydrogen-bond donors (Lipinski definition) is 8. The van der Waals surface area contributed by atoms with E-state index < -0.39 is 29.5 Å². The molecular formula is C26H29FN8O8. The first-order valence-corrected chi connectivity index (χ1v) is 12.4. The fourth-order valence-electron chi connectivity index (χ4n) is 3.70. The largest absolute Gasteiger partial charge is 0.497 e. The summed E-state index contributed by atoms with van der Waals surface area (Å²) in [5.74, 6) is -3.37. The van der Waals surface area contributed by atoms with E-state index in [1.807, 2.05) is 0 Å². The summed E-state index contributed by atoms with van der Waals surface area (Å²) in [6.45, 7) is 0.969. The van der Waals surface area contributed by atoms with E-state index in [1.165, 1.54) is 19.2 Å². The van der Waals surface area contributed by atoms with Crippen molar-refractivity contribution < 1.29 is 38.8 Å². The molecule has 0 aliphatic rings. The molecule has 1 atom stereocenters. The molecule has 2 heterocycles. The van der Waals surface area contributed by atoms with Gasteiger partial charge in [0.05, 0.1) is 20.0 Å². The van der Waals surface area contributed by atoms with Crippen molar-refractivity contribution in [1.29, 1.82) is 5.41 Å². The number of aliphatic hydroxyl groups excluding tert-OH is 1. The van der Waals surface area contributed by atoms with Crippen molar-refractivity contribution in [2.75, 3.05) is 25.6 Å². The van der Waals surface area contributed by atoms with Crippen LogP contribution in [0.25, 0.3) is 5.82 Å². The number of carbonyl (C=O) groups is 2. The Morgan fingerprint density at radius 2 is 1.91 bits per heavy atom. The van der Waals surface area contributed by atoms with Crippen molar-refractivity contribution in [3.05, 3.63) is 81.7 Å². The molecule has 4 aromatic rings. The number of nitrogens with zero attached hydrogens (tertiary/aromatic N) is 3. The molecule has 43 heavy (non-hydrogen) atoms. The number of aromatic carboxylic acids is 1. The maximum atomic E-state index is 15.8. The Balaban J connectivity index is 0.00000119. The van der Waals surface area contributed by atoms with Gasteiger partial charge in [0.2, 0.25) is 0 Å². The predicted molar refractivity (Wildman–Crippen MR) is 150 cm³/mol. The maximum absolute atomic E-state index is 15.8. The number of hydrogen-bond acceptors (Lipinski definition) is 10. The summed E-state index contributed by atoms with van der Waals surface area (Å²) in [4.78, 5) is 42.2. The van der Waals surface area contributed by atoms with Gasteiger partial charge in [0.15, 0.2) is 28.9 Å². The number of amidine groups is 1. The van der Waals surface area contributed by atoms with Gasteiger partial charge in [0, 0.05) is 42.8 Å². The number of anilines is 1. The number of nitrogens with two attached hydrogens (primary N) is 1. The molecule has 0 saturated carbocycles. The second-order valence-electron chi connectivity index (χ2n) is 8.68. The molecule has 0 aliphatic carbocycles. The number of aliphatic hydroxyl groups is 1. The molecule has 228 valence electrons. The van der Waals surface area contributed by atoms with Crippen LogP contribution in [0.5, 0.6) is 11.5 Å². The summed E-state index contributed by atoms with van der Waals surface area (Å²) in [5, 5.41) is 40.8. The number of benzene rings is 2. The van der Waals surface area contributed by atoms with Crippen LogP contribution in [0, 0.1) is 11.2 Å². The number of nitrogen functional groups attached to an aromatic ring is 1. The number of H-pyrrole nitrogens is 2. The average Bonchev–Trinajstić information content (AvgIpc) is 3.59. The van der Waals surface area contributed by atoms with Gasteiger partial charge in [-0.05, 0) is 30.3 Å². The summed E-state index contributed by atoms with van der Waals surface area (Å²) in [5.41, 5.74) is 5.24. The lowest BCUT2D eigenvalue weighted by atomic mass is 10.0. The van der Waals surface area contributed by atoms with E-state index in [4.69, 9.17) is 35.6 Å². The van der Waals surface area contributed by atoms with Gasteiger partial charge in [0.25, 0.3) is 5.97 Å². The zero-order chi connectivity index (χ0) is 31.7. The molecule has 4 rings (SSSR count). The third-order valence-electron chi connectivity index (χ3n) is 5.60. The van der Waals surface area contributed by atoms with E-state index in [2.05, 4.69) is 25.4 Å². The number of nitrogens with one attached hydrogen (secondary N) is 4. The van der Waals surface area contributed by atoms with Crippen LogP contribution in [-0.2, 0) is 4.79 Å². The quantitative estimate of drug-likeness (QED) is 0.0653. The standard InChI is InChI=1S/C24H25FN8O6.C2H4O2/c1-38-14-9-15(17(25)16(10-14)39-8-2-7-34)18(30-13-5-3-12(4-6-13)20(26)27)21-31-24(37)33(32-21)22-19(23(35)36)28-11-29-22;1-2(3)4/h3-6,9-11,18,30,34H,2,7-8H2,1H3,(H3,26,27)(H,28,29)(H,35,36)(H,31,32,37);1H3,(H,3,4)/t18-;/m0./s1. The normalized spacial score (nSPS) is 11.2. The van der Waals surface area contributed by atoms with Gasteiger partial charge in [0.1, 0.15) is 17.6 Å². The number of carboxylic acid groups (broad SMARTS) is 2. The van der Waals surface area contributed by atoms with Crippen LogP contribution in [0.2, 0.25) is 0 Å². The minimum absolute atomic E-state index is 0.0228. The molecule has 0 bridgehead atoms. The highest BCUT2D eigenvalue weighted by atomic mass is 19.1. The molecule has 9 N–H and O–H groups in total. The lowest BCUT2D eigenvalue weighted by Gasteiger charge is -2.21. The fourth-order valence-corrected chi connectivity index (χ4v) is 3.70. The van der Waals surface area contributed by atoms with Crippen LogP contribution >= 0.6 is 0 Å². The third kappa shape index (κ3) is 7.94. The first kappa shape index (κ1) is 31.8. The molecule has 0 unspecified atom stereocenters. The summed E-state index contributed by atoms with van der Waals surface area (Å²) in [6, 6.07) is 7.96. The fraction of sp³-hybridized carbons (Fsp3) is 0.231. The van der Waals surface area contributed by atoms with Gasteiger partial charge in [-0.2, -0.15) is 4.68 Å². The van der Waals surface area contributed by atoms with Crippen molar-refractivity contribution in [2.45, 2.75) is 19.4 Å². The Kier molecular flexibility index (Phi) is 10.6. The SMILES string of the molecule is CC(=O)O.COc1cc(OCCCO)c(F)c([C@H](Nc2ccc(C(=N)N)cc2)c2nn(-c3nc[nH]c3C(=O)O)c(=O)[nH]2)c1. The van der Waals surface area contributed by atoms with E-state index in [0.717, 1.165) is 17.9 Å². The Morgan fingerprint density at radius 3 is 2.49 bits per heavy atom. The summed E-state index contributed by atoms with van der Waals surface area (Å²) >= 11 is 0. The summed E-state index contributed by atoms with van der Waals surface area (Å²) in [7, 11) is 1.39. The molecule has 16 nitrogen and oxygen atoms in total. The molecule has 0 spiro atoms. The van der Waals surface area contributed by atoms with Gasteiger partial charge in [-0.1, -0.05) is 0 Å². The number of halogens is 1. The van der Waals surface area contributed by atoms with Crippen molar-refractivity contribution in [1.82, 2.24) is 24.7 Å². The van der Waals surface area contributed by atoms with Gasteiger partial charge in [-0.25, -0.2) is 19.0 Å². The highest BCUT2D eigenvalue weighted by Crippen LogP contribution is 2.35. The van der Waals surface area contributed by atoms with Gasteiger partial charge >= 0.3 is 11.7 Å². The van der Waals surface area contributed by atoms with Gasteiger partial charge < -0.3 is 40.8 Å². The number of imidazole rings is 1. The predicted octanol–water partition coefficient (Wildman–Crippen LogP) is 1.47. The third-order valence-corrected chi connectivity index (χ3v) is 5.60. The first-order chi connectivity index (χ1) is 20.5. The smallest absolute Gasteiger partial charge is 0.356 e. The van der Waals surface area contributed by atoms with Crippen LogP contribution < -0.4 is 26.2 Å². The Hall–Kier alpha value is -5.71. The highest BCUT2D eigenvalue weighted by Gasteiger charge is 2.28. The minimum Gasteiger partial charge on any atom is -0.497 e. The Labute approximate surface area is 242 Å². The van der Waals surface area contributed by atoms with Crippen molar-refractivity contribution in [3.8, 4) is 17.3 Å². The minimum atomic E-state index is -1.36. The van der Waals surface area contributed by atoms with Crippen LogP contribution in [-0.4, -0.2) is 78.1 Å². The van der Waals surface area contributed by atoms with E-state index >= 15 is 4.39 Å². The number of aromatic amines is 2.